The Labute approximate surface area is 208 Å². The van der Waals surface area contributed by atoms with Gasteiger partial charge in [0.15, 0.2) is 0 Å². The van der Waals surface area contributed by atoms with Crippen molar-refractivity contribution in [2.75, 3.05) is 20.3 Å². The van der Waals surface area contributed by atoms with Crippen LogP contribution in [0.5, 0.6) is 0 Å². The van der Waals surface area contributed by atoms with Gasteiger partial charge in [-0.05, 0) is 25.0 Å². The van der Waals surface area contributed by atoms with Gasteiger partial charge in [0.2, 0.25) is 0 Å². The van der Waals surface area contributed by atoms with E-state index in [1.807, 2.05) is 35.2 Å². The van der Waals surface area contributed by atoms with Crippen molar-refractivity contribution in [1.29, 1.82) is 0 Å². The molecule has 11 heteroatoms. The van der Waals surface area contributed by atoms with E-state index in [1.54, 1.807) is 7.11 Å². The van der Waals surface area contributed by atoms with Crippen LogP contribution in [0.2, 0.25) is 0 Å². The minimum Gasteiger partial charge on any atom is 0 e. The summed E-state index contributed by atoms with van der Waals surface area (Å²) in [5.41, 5.74) is 0.869. The Hall–Kier alpha value is -2.34. The van der Waals surface area contributed by atoms with Crippen molar-refractivity contribution in [2.45, 2.75) is 18.9 Å². The largest absolute Gasteiger partial charge is 0 e. The van der Waals surface area contributed by atoms with Crippen molar-refractivity contribution in [3.8, 4) is 11.8 Å². The van der Waals surface area contributed by atoms with E-state index in [4.69, 9.17) is 32.6 Å². The van der Waals surface area contributed by atoms with Gasteiger partial charge < -0.3 is 9.64 Å². The molecule has 1 fully saturated rings. The summed E-state index contributed by atoms with van der Waals surface area (Å²) in [5, 5.41) is 0. The molecule has 0 aliphatic carbocycles. The fourth-order valence-electron chi connectivity index (χ4n) is 2.19. The molecule has 0 unspecified atom stereocenters. The number of carbonyl (C=O) groups excluding carboxylic acids is 1. The third kappa shape index (κ3) is 25.7. The number of likely N-dealkylation sites (tertiary alicyclic amines) is 1. The van der Waals surface area contributed by atoms with Gasteiger partial charge in [0.25, 0.3) is 5.91 Å². The van der Waals surface area contributed by atoms with E-state index < -0.39 is 0 Å². The topological polar surface area (TPSA) is 149 Å². The number of carbonyl (C=O) groups is 1. The Bertz CT molecular complexity index is 669. The van der Waals surface area contributed by atoms with Crippen molar-refractivity contribution >= 4 is 5.91 Å². The Morgan fingerprint density at radius 3 is 1.78 bits per heavy atom. The summed E-state index contributed by atoms with van der Waals surface area (Å²) in [6, 6.07) is 9.75. The molecule has 32 heavy (non-hydrogen) atoms. The smallest absolute Gasteiger partial charge is 0 e. The first-order valence-electron chi connectivity index (χ1n) is 7.40. The van der Waals surface area contributed by atoms with Gasteiger partial charge in [0.1, 0.15) is 0 Å². The van der Waals surface area contributed by atoms with Gasteiger partial charge in [-0.2, -0.15) is 0 Å². The second kappa shape index (κ2) is 46.7. The molecule has 0 saturated carbocycles. The van der Waals surface area contributed by atoms with E-state index in [1.165, 1.54) is 0 Å². The van der Waals surface area contributed by atoms with E-state index in [2.05, 4.69) is 51.7 Å². The maximum Gasteiger partial charge on any atom is 0 e. The minimum atomic E-state index is -0.0987. The number of nitrogens with zero attached hydrogens (tertiary/aromatic N) is 1. The maximum absolute atomic E-state index is 12.0. The summed E-state index contributed by atoms with van der Waals surface area (Å²) < 4.78 is 50.1. The van der Waals surface area contributed by atoms with E-state index in [9.17, 15) is 4.79 Å². The molecule has 9 nitrogen and oxygen atoms in total. The summed E-state index contributed by atoms with van der Waals surface area (Å²) in [7, 11) is 1.66. The van der Waals surface area contributed by atoms with Crippen molar-refractivity contribution in [1.82, 2.24) is 4.90 Å². The van der Waals surface area contributed by atoms with Crippen LogP contribution in [-0.4, -0.2) is 37.1 Å². The summed E-state index contributed by atoms with van der Waals surface area (Å²) in [6.45, 7) is 28.4. The van der Waals surface area contributed by atoms with Crippen LogP contribution < -0.4 is 0 Å². The van der Waals surface area contributed by atoms with Crippen LogP contribution in [0.4, 0.5) is 0 Å². The number of hydrogen-bond donors (Lipinski definition) is 0. The molecule has 172 valence electrons. The molecule has 1 aliphatic rings. The first kappa shape index (κ1) is 47.4. The average Bonchev–Trinajstić information content (AvgIpc) is 3.34. The first-order valence-corrected chi connectivity index (χ1v) is 7.40. The van der Waals surface area contributed by atoms with Crippen LogP contribution >= 0.6 is 0 Å². The first-order chi connectivity index (χ1) is 14.8. The molecule has 1 aliphatic heterocycles. The zero-order valence-corrected chi connectivity index (χ0v) is 18.8. The number of hydrogen-bond acceptors (Lipinski definition) is 2. The van der Waals surface area contributed by atoms with Gasteiger partial charge in [0.05, 0.1) is 12.6 Å². The maximum atomic E-state index is 12.0. The van der Waals surface area contributed by atoms with Gasteiger partial charge in [-0.25, -0.2) is 0 Å². The zero-order valence-electron chi connectivity index (χ0n) is 16.7. The molecule has 0 bridgehead atoms. The molecule has 1 atom stereocenters. The predicted molar refractivity (Wildman–Crippen MR) is 93.5 cm³/mol. The molecule has 0 N–H and O–H groups in total. The third-order valence-electron chi connectivity index (χ3n) is 3.08. The van der Waals surface area contributed by atoms with Crippen LogP contribution in [0.1, 0.15) is 18.4 Å². The van der Waals surface area contributed by atoms with E-state index in [0.717, 1.165) is 24.9 Å². The van der Waals surface area contributed by atoms with Crippen LogP contribution in [0.3, 0.4) is 0 Å². The minimum absolute atomic E-state index is 0. The molecule has 2 radical (unpaired) electrons. The summed E-state index contributed by atoms with van der Waals surface area (Å²) in [6.07, 6.45) is 2.04. The molecule has 1 amide bonds. The standard InChI is InChI=1S/C15H17NO2.6CO.2Co/c1-18-12-14-8-5-11-16(14)15(17)10-9-13-6-3-2-4-7-13;6*1-2;;/h2-4,6-7,14H,5,8,11-12H2,1H3;;;;;;;;/t14-;;;;;;;;/m0......../s1. The SMILES string of the molecule is COC[C@@H]1CCCN1C(=O)C#Cc1ccccc1.[C-]#[O+].[C-]#[O+].[C-]#[O+].[C-]#[O+].[C-]#[O+].[C-]#[O+].[Co].[Co]. The molecule has 1 heterocycles. The molecule has 2 rings (SSSR count). The van der Waals surface area contributed by atoms with Crippen LogP contribution in [0.15, 0.2) is 30.3 Å². The quantitative estimate of drug-likeness (QED) is 0.324. The normalized spacial score (nSPS) is 10.7. The van der Waals surface area contributed by atoms with Crippen LogP contribution in [0, 0.1) is 51.7 Å². The van der Waals surface area contributed by atoms with Crippen LogP contribution in [-0.2, 0) is 71.0 Å². The van der Waals surface area contributed by atoms with Gasteiger partial charge in [-0.1, -0.05) is 24.1 Å². The van der Waals surface area contributed by atoms with Crippen molar-refractivity contribution in [3.05, 3.63) is 75.8 Å². The second-order valence-corrected chi connectivity index (χ2v) is 4.37. The molecule has 1 saturated heterocycles. The fraction of sp³-hybridized carbons (Fsp3) is 0.286. The van der Waals surface area contributed by atoms with Crippen molar-refractivity contribution in [2.24, 2.45) is 0 Å². The Morgan fingerprint density at radius 1 is 0.938 bits per heavy atom. The molecular formula is C21H17Co2NO8. The van der Waals surface area contributed by atoms with Crippen molar-refractivity contribution < 1.29 is 71.0 Å². The van der Waals surface area contributed by atoms with E-state index >= 15 is 0 Å². The fourth-order valence-corrected chi connectivity index (χ4v) is 2.19. The van der Waals surface area contributed by atoms with Gasteiger partial charge in [-0.3, -0.25) is 4.79 Å². The summed E-state index contributed by atoms with van der Waals surface area (Å²) in [5.74, 6) is 5.51. The number of methoxy groups -OCH3 is 1. The zero-order chi connectivity index (χ0) is 24.8. The average molecular weight is 529 g/mol. The second-order valence-electron chi connectivity index (χ2n) is 4.37. The Balaban J connectivity index is -0.0000000779. The predicted octanol–water partition coefficient (Wildman–Crippen LogP) is 1.45. The number of amides is 1. The van der Waals surface area contributed by atoms with Crippen molar-refractivity contribution in [3.63, 3.8) is 0 Å². The number of benzene rings is 1. The molecule has 0 spiro atoms. The van der Waals surface area contributed by atoms with Gasteiger partial charge in [-0.15, -0.1) is 0 Å². The monoisotopic (exact) mass is 529 g/mol. The van der Waals surface area contributed by atoms with Crippen LogP contribution in [0.25, 0.3) is 0 Å². The van der Waals surface area contributed by atoms with Gasteiger partial charge >= 0.3 is 67.8 Å². The van der Waals surface area contributed by atoms with E-state index in [0.29, 0.717) is 6.61 Å². The third-order valence-corrected chi connectivity index (χ3v) is 3.08. The Morgan fingerprint density at radius 2 is 1.38 bits per heavy atom. The number of ether oxygens (including phenoxy) is 1. The van der Waals surface area contributed by atoms with Gasteiger partial charge in [0, 0.05) is 58.7 Å². The molecule has 1 aromatic carbocycles. The molecule has 1 aromatic rings. The summed E-state index contributed by atoms with van der Waals surface area (Å²) >= 11 is 0. The Kier molecular flexibility index (Phi) is 69.3. The molecule has 0 aromatic heterocycles. The van der Waals surface area contributed by atoms with E-state index in [-0.39, 0.29) is 45.5 Å². The molecular weight excluding hydrogens is 512 g/mol. The summed E-state index contributed by atoms with van der Waals surface area (Å²) in [4.78, 5) is 13.8. The number of rotatable bonds is 2.